The predicted octanol–water partition coefficient (Wildman–Crippen LogP) is 10.6. The lowest BCUT2D eigenvalue weighted by Crippen LogP contribution is -2.15. The van der Waals surface area contributed by atoms with Crippen LogP contribution in [0, 0.1) is 0 Å². The van der Waals surface area contributed by atoms with Crippen molar-refractivity contribution in [2.24, 2.45) is 0 Å². The van der Waals surface area contributed by atoms with E-state index in [2.05, 4.69) is 27.7 Å². The highest BCUT2D eigenvalue weighted by molar-refractivity contribution is 7.85. The Hall–Kier alpha value is -0.870. The van der Waals surface area contributed by atoms with Crippen LogP contribution < -0.4 is 0 Å². The van der Waals surface area contributed by atoms with E-state index in [0.717, 1.165) is 18.4 Å². The zero-order valence-electron chi connectivity index (χ0n) is 24.3. The molecule has 0 aromatic heterocycles. The van der Waals surface area contributed by atoms with Gasteiger partial charge in [-0.1, -0.05) is 156 Å². The molecule has 0 aliphatic rings. The van der Waals surface area contributed by atoms with Crippen molar-refractivity contribution in [3.8, 4) is 0 Å². The Bertz CT molecular complexity index is 777. The van der Waals surface area contributed by atoms with Crippen LogP contribution in [-0.2, 0) is 22.0 Å². The summed E-state index contributed by atoms with van der Waals surface area (Å²) in [5.74, 6) is 0. The van der Waals surface area contributed by atoms with Gasteiger partial charge in [0.25, 0.3) is 10.1 Å². The molecule has 210 valence electrons. The quantitative estimate of drug-likeness (QED) is 0.122. The van der Waals surface area contributed by atoms with E-state index in [1.165, 1.54) is 134 Å². The van der Waals surface area contributed by atoms with Gasteiger partial charge in [0, 0.05) is 0 Å². The number of hydrogen-bond donors (Lipinski definition) is 1. The summed E-state index contributed by atoms with van der Waals surface area (Å²) in [7, 11) is -4.15. The van der Waals surface area contributed by atoms with Crippen LogP contribution >= 0.6 is 0 Å². The molecule has 1 rings (SSSR count). The van der Waals surface area contributed by atoms with E-state index in [4.69, 9.17) is 0 Å². The standard InChI is InChI=1S/C32H58O3S/c1-5-6-7-8-9-10-11-12-13-14-15-16-17-18-19-20-21-22-23-24-25-29-28-30(36(33,34)35)26-27-31(29)32(2,3)4/h26-28H,5-25H2,1-4H3,(H,33,34,35). The van der Waals surface area contributed by atoms with E-state index in [0.29, 0.717) is 0 Å². The van der Waals surface area contributed by atoms with Crippen molar-refractivity contribution in [1.82, 2.24) is 0 Å². The molecule has 1 aromatic carbocycles. The molecule has 0 aliphatic heterocycles. The first-order valence-corrected chi connectivity index (χ1v) is 16.7. The van der Waals surface area contributed by atoms with E-state index in [1.54, 1.807) is 6.07 Å². The van der Waals surface area contributed by atoms with Crippen molar-refractivity contribution < 1.29 is 13.0 Å². The Morgan fingerprint density at radius 3 is 1.31 bits per heavy atom. The van der Waals surface area contributed by atoms with E-state index >= 15 is 0 Å². The Kier molecular flexibility index (Phi) is 17.7. The van der Waals surface area contributed by atoms with Crippen molar-refractivity contribution in [2.75, 3.05) is 0 Å². The lowest BCUT2D eigenvalue weighted by Gasteiger charge is -2.23. The van der Waals surface area contributed by atoms with Gasteiger partial charge in [-0.2, -0.15) is 8.42 Å². The second-order valence-corrected chi connectivity index (χ2v) is 13.4. The van der Waals surface area contributed by atoms with Crippen LogP contribution in [0.2, 0.25) is 0 Å². The molecular formula is C32H58O3S. The molecule has 0 heterocycles. The van der Waals surface area contributed by atoms with Crippen LogP contribution in [-0.4, -0.2) is 13.0 Å². The summed E-state index contributed by atoms with van der Waals surface area (Å²) in [5, 5.41) is 0. The van der Waals surface area contributed by atoms with Gasteiger partial charge in [0.15, 0.2) is 0 Å². The van der Waals surface area contributed by atoms with Crippen molar-refractivity contribution in [1.29, 1.82) is 0 Å². The normalized spacial score (nSPS) is 12.4. The maximum atomic E-state index is 11.6. The summed E-state index contributed by atoms with van der Waals surface area (Å²) in [4.78, 5) is 0.0127. The summed E-state index contributed by atoms with van der Waals surface area (Å²) in [5.41, 5.74) is 2.19. The van der Waals surface area contributed by atoms with Crippen molar-refractivity contribution >= 4 is 10.1 Å². The van der Waals surface area contributed by atoms with Crippen LogP contribution in [0.25, 0.3) is 0 Å². The molecule has 36 heavy (non-hydrogen) atoms. The fraction of sp³-hybridized carbons (Fsp3) is 0.812. The fourth-order valence-electron chi connectivity index (χ4n) is 5.24. The molecule has 0 saturated heterocycles. The number of hydrogen-bond acceptors (Lipinski definition) is 2. The van der Waals surface area contributed by atoms with E-state index in [-0.39, 0.29) is 10.3 Å². The van der Waals surface area contributed by atoms with E-state index in [9.17, 15) is 13.0 Å². The number of benzene rings is 1. The van der Waals surface area contributed by atoms with Crippen molar-refractivity contribution in [2.45, 2.75) is 173 Å². The fourth-order valence-corrected chi connectivity index (χ4v) is 5.77. The molecule has 0 spiro atoms. The summed E-state index contributed by atoms with van der Waals surface area (Å²) in [6, 6.07) is 5.07. The zero-order valence-corrected chi connectivity index (χ0v) is 25.1. The van der Waals surface area contributed by atoms with E-state index < -0.39 is 10.1 Å². The lowest BCUT2D eigenvalue weighted by atomic mass is 9.82. The van der Waals surface area contributed by atoms with Gasteiger partial charge in [-0.05, 0) is 41.5 Å². The predicted molar refractivity (Wildman–Crippen MR) is 157 cm³/mol. The average Bonchev–Trinajstić information content (AvgIpc) is 2.81. The maximum absolute atomic E-state index is 11.6. The Morgan fingerprint density at radius 2 is 0.972 bits per heavy atom. The molecule has 4 heteroatoms. The Labute approximate surface area is 225 Å². The number of unbranched alkanes of at least 4 members (excludes halogenated alkanes) is 19. The van der Waals surface area contributed by atoms with Crippen LogP contribution in [0.4, 0.5) is 0 Å². The molecule has 0 aliphatic carbocycles. The first-order valence-electron chi connectivity index (χ1n) is 15.3. The van der Waals surface area contributed by atoms with Crippen LogP contribution in [0.15, 0.2) is 23.1 Å². The maximum Gasteiger partial charge on any atom is 0.294 e. The summed E-state index contributed by atoms with van der Waals surface area (Å²) < 4.78 is 32.5. The molecule has 0 amide bonds. The molecule has 0 radical (unpaired) electrons. The number of rotatable bonds is 22. The van der Waals surface area contributed by atoms with Gasteiger partial charge in [-0.15, -0.1) is 0 Å². The van der Waals surface area contributed by atoms with Crippen molar-refractivity contribution in [3.63, 3.8) is 0 Å². The van der Waals surface area contributed by atoms with Crippen LogP contribution in [0.5, 0.6) is 0 Å². The van der Waals surface area contributed by atoms with Gasteiger partial charge in [0.1, 0.15) is 0 Å². The van der Waals surface area contributed by atoms with Gasteiger partial charge in [0.05, 0.1) is 4.90 Å². The summed E-state index contributed by atoms with van der Waals surface area (Å²) >= 11 is 0. The first kappa shape index (κ1) is 33.2. The second kappa shape index (κ2) is 19.2. The monoisotopic (exact) mass is 522 g/mol. The molecular weight excluding hydrogens is 464 g/mol. The smallest absolute Gasteiger partial charge is 0.282 e. The average molecular weight is 523 g/mol. The lowest BCUT2D eigenvalue weighted by molar-refractivity contribution is 0.482. The molecule has 0 bridgehead atoms. The molecule has 0 atom stereocenters. The Morgan fingerprint density at radius 1 is 0.611 bits per heavy atom. The second-order valence-electron chi connectivity index (χ2n) is 12.0. The van der Waals surface area contributed by atoms with Gasteiger partial charge in [-0.3, -0.25) is 4.55 Å². The molecule has 3 nitrogen and oxygen atoms in total. The van der Waals surface area contributed by atoms with Gasteiger partial charge in [-0.25, -0.2) is 0 Å². The van der Waals surface area contributed by atoms with E-state index in [1.807, 2.05) is 6.07 Å². The third kappa shape index (κ3) is 16.1. The van der Waals surface area contributed by atoms with Gasteiger partial charge >= 0.3 is 0 Å². The first-order chi connectivity index (χ1) is 17.2. The summed E-state index contributed by atoms with van der Waals surface area (Å²) in [6.45, 7) is 8.73. The molecule has 1 aromatic rings. The summed E-state index contributed by atoms with van der Waals surface area (Å²) in [6.07, 6.45) is 28.3. The number of aryl methyl sites for hydroxylation is 1. The zero-order chi connectivity index (χ0) is 26.7. The highest BCUT2D eigenvalue weighted by Crippen LogP contribution is 2.29. The minimum absolute atomic E-state index is 0.0127. The van der Waals surface area contributed by atoms with Crippen LogP contribution in [0.1, 0.15) is 167 Å². The molecule has 0 fully saturated rings. The Balaban J connectivity index is 2.01. The highest BCUT2D eigenvalue weighted by atomic mass is 32.2. The topological polar surface area (TPSA) is 54.4 Å². The van der Waals surface area contributed by atoms with Gasteiger partial charge < -0.3 is 0 Å². The third-order valence-electron chi connectivity index (χ3n) is 7.48. The molecule has 0 saturated carbocycles. The minimum atomic E-state index is -4.15. The third-order valence-corrected chi connectivity index (χ3v) is 8.33. The van der Waals surface area contributed by atoms with Gasteiger partial charge in [0.2, 0.25) is 0 Å². The molecule has 1 N–H and O–H groups in total. The van der Waals surface area contributed by atoms with Crippen LogP contribution in [0.3, 0.4) is 0 Å². The minimum Gasteiger partial charge on any atom is -0.282 e. The SMILES string of the molecule is CCCCCCCCCCCCCCCCCCCCCCc1cc(S(=O)(=O)O)ccc1C(C)(C)C. The molecule has 0 unspecified atom stereocenters. The van der Waals surface area contributed by atoms with Crippen molar-refractivity contribution in [3.05, 3.63) is 29.3 Å². The highest BCUT2D eigenvalue weighted by Gasteiger charge is 2.20. The largest absolute Gasteiger partial charge is 0.294 e.